The summed E-state index contributed by atoms with van der Waals surface area (Å²) < 4.78 is 11.3. The van der Waals surface area contributed by atoms with Gasteiger partial charge in [-0.1, -0.05) is 12.1 Å². The highest BCUT2D eigenvalue weighted by Crippen LogP contribution is 2.41. The fraction of sp³-hybridized carbons (Fsp3) is 0.407. The van der Waals surface area contributed by atoms with Crippen LogP contribution in [0.1, 0.15) is 42.5 Å². The van der Waals surface area contributed by atoms with Gasteiger partial charge in [0.2, 0.25) is 0 Å². The highest BCUT2D eigenvalue weighted by Gasteiger charge is 2.46. The Balaban J connectivity index is 1.79. The van der Waals surface area contributed by atoms with E-state index in [1.54, 1.807) is 11.0 Å². The number of hydrogen-bond acceptors (Lipinski definition) is 6. The molecule has 2 aliphatic rings. The van der Waals surface area contributed by atoms with Crippen molar-refractivity contribution in [2.45, 2.75) is 32.2 Å². The fourth-order valence-electron chi connectivity index (χ4n) is 4.62. The molecule has 2 aromatic carbocycles. The molecular weight excluding hydrogens is 432 g/mol. The summed E-state index contributed by atoms with van der Waals surface area (Å²) in [6.45, 7) is 4.26. The minimum atomic E-state index is -0.685. The number of aryl methyl sites for hydroxylation is 1. The number of carbonyl (C=O) groups is 2. The van der Waals surface area contributed by atoms with E-state index in [0.29, 0.717) is 37.5 Å². The maximum atomic E-state index is 13.2. The van der Waals surface area contributed by atoms with Crippen molar-refractivity contribution in [2.24, 2.45) is 0 Å². The van der Waals surface area contributed by atoms with Crippen molar-refractivity contribution < 1.29 is 24.2 Å². The van der Waals surface area contributed by atoms with E-state index in [2.05, 4.69) is 0 Å². The number of hydrogen-bond donors (Lipinski definition) is 1. The number of nitrogens with zero attached hydrogens (tertiary/aromatic N) is 2. The van der Waals surface area contributed by atoms with Gasteiger partial charge in [-0.2, -0.15) is 0 Å². The van der Waals surface area contributed by atoms with E-state index in [9.17, 15) is 14.7 Å². The summed E-state index contributed by atoms with van der Waals surface area (Å²) in [5.41, 5.74) is 2.35. The first-order chi connectivity index (χ1) is 16.4. The van der Waals surface area contributed by atoms with E-state index in [1.165, 1.54) is 0 Å². The summed E-state index contributed by atoms with van der Waals surface area (Å²) in [6.07, 6.45) is 2.45. The molecule has 0 aliphatic carbocycles. The Morgan fingerprint density at radius 3 is 2.79 bits per heavy atom. The third-order valence-corrected chi connectivity index (χ3v) is 6.21. The van der Waals surface area contributed by atoms with Crippen LogP contribution in [0.25, 0.3) is 5.76 Å². The quantitative estimate of drug-likeness (QED) is 0.364. The lowest BCUT2D eigenvalue weighted by Crippen LogP contribution is -2.32. The molecule has 7 nitrogen and oxygen atoms in total. The minimum absolute atomic E-state index is 0.111. The van der Waals surface area contributed by atoms with Gasteiger partial charge in [0.1, 0.15) is 17.3 Å². The van der Waals surface area contributed by atoms with Crippen molar-refractivity contribution in [3.63, 3.8) is 0 Å². The molecule has 4 rings (SSSR count). The molecule has 7 heteroatoms. The number of aliphatic hydroxyl groups excluding tert-OH is 1. The first kappa shape index (κ1) is 23.8. The average molecular weight is 465 g/mol. The summed E-state index contributed by atoms with van der Waals surface area (Å²) in [7, 11) is 3.94. The second-order valence-electron chi connectivity index (χ2n) is 8.93. The van der Waals surface area contributed by atoms with Crippen molar-refractivity contribution in [1.82, 2.24) is 9.80 Å². The van der Waals surface area contributed by atoms with Crippen LogP contribution in [0.2, 0.25) is 0 Å². The fourth-order valence-corrected chi connectivity index (χ4v) is 4.62. The number of Topliss-reactive ketones (excluding diaryl/α,β-unsaturated/α-hetero) is 1. The van der Waals surface area contributed by atoms with Crippen LogP contribution < -0.4 is 9.47 Å². The Bertz CT molecular complexity index is 1110. The van der Waals surface area contributed by atoms with Crippen molar-refractivity contribution in [2.75, 3.05) is 40.4 Å². The van der Waals surface area contributed by atoms with Crippen LogP contribution in [0, 0.1) is 0 Å². The highest BCUT2D eigenvalue weighted by molar-refractivity contribution is 6.46. The second kappa shape index (κ2) is 10.3. The molecule has 0 bridgehead atoms. The lowest BCUT2D eigenvalue weighted by atomic mass is 9.94. The Labute approximate surface area is 200 Å². The molecular formula is C27H32N2O5. The molecule has 1 saturated heterocycles. The Hall–Kier alpha value is -3.32. The monoisotopic (exact) mass is 464 g/mol. The van der Waals surface area contributed by atoms with Crippen molar-refractivity contribution in [1.29, 1.82) is 0 Å². The van der Waals surface area contributed by atoms with Crippen molar-refractivity contribution in [3.05, 3.63) is 64.7 Å². The molecule has 180 valence electrons. The standard InChI is InChI=1S/C27H32N2O5/c1-4-33-21-10-5-8-19(17-21)24-23(26(31)27(32)29(24)14-7-13-28(2)3)25(30)20-11-12-22-18(16-20)9-6-15-34-22/h5,8,10-12,16-17,24,30H,4,6-7,9,13-15H2,1-3H3/b25-23-. The predicted molar refractivity (Wildman–Crippen MR) is 130 cm³/mol. The van der Waals surface area contributed by atoms with Crippen LogP contribution in [-0.2, 0) is 16.0 Å². The molecule has 1 atom stereocenters. The van der Waals surface area contributed by atoms with E-state index in [-0.39, 0.29) is 11.3 Å². The lowest BCUT2D eigenvalue weighted by molar-refractivity contribution is -0.139. The molecule has 2 heterocycles. The maximum absolute atomic E-state index is 13.2. The summed E-state index contributed by atoms with van der Waals surface area (Å²) in [5, 5.41) is 11.3. The van der Waals surface area contributed by atoms with Gasteiger partial charge in [0.15, 0.2) is 0 Å². The van der Waals surface area contributed by atoms with Gasteiger partial charge >= 0.3 is 0 Å². The highest BCUT2D eigenvalue weighted by atomic mass is 16.5. The van der Waals surface area contributed by atoms with E-state index >= 15 is 0 Å². The number of rotatable bonds is 8. The molecule has 0 radical (unpaired) electrons. The molecule has 0 saturated carbocycles. The molecule has 1 fully saturated rings. The number of likely N-dealkylation sites (tertiary alicyclic amines) is 1. The largest absolute Gasteiger partial charge is 0.507 e. The average Bonchev–Trinajstić information content (AvgIpc) is 3.08. The number of aliphatic hydroxyl groups is 1. The Kier molecular flexibility index (Phi) is 7.22. The Morgan fingerprint density at radius 2 is 2.03 bits per heavy atom. The van der Waals surface area contributed by atoms with E-state index < -0.39 is 17.7 Å². The van der Waals surface area contributed by atoms with Gasteiger partial charge in [-0.3, -0.25) is 9.59 Å². The van der Waals surface area contributed by atoms with Crippen LogP contribution in [0.15, 0.2) is 48.0 Å². The number of benzene rings is 2. The zero-order chi connectivity index (χ0) is 24.2. The number of fused-ring (bicyclic) bond motifs is 1. The Morgan fingerprint density at radius 1 is 1.21 bits per heavy atom. The molecule has 0 aromatic heterocycles. The SMILES string of the molecule is CCOc1cccc(C2/C(=C(/O)c3ccc4c(c3)CCCO4)C(=O)C(=O)N2CCCN(C)C)c1. The smallest absolute Gasteiger partial charge is 0.295 e. The van der Waals surface area contributed by atoms with Crippen LogP contribution in [-0.4, -0.2) is 67.0 Å². The van der Waals surface area contributed by atoms with Gasteiger partial charge in [0.25, 0.3) is 11.7 Å². The number of amides is 1. The van der Waals surface area contributed by atoms with Gasteiger partial charge in [-0.25, -0.2) is 0 Å². The summed E-state index contributed by atoms with van der Waals surface area (Å²) in [5.74, 6) is 0.0444. The van der Waals surface area contributed by atoms with E-state index in [1.807, 2.05) is 62.3 Å². The second-order valence-corrected chi connectivity index (χ2v) is 8.93. The van der Waals surface area contributed by atoms with E-state index in [4.69, 9.17) is 9.47 Å². The van der Waals surface area contributed by atoms with Gasteiger partial charge in [-0.05, 0) is 88.3 Å². The van der Waals surface area contributed by atoms with Crippen molar-refractivity contribution >= 4 is 17.4 Å². The third kappa shape index (κ3) is 4.80. The number of ether oxygens (including phenoxy) is 2. The topological polar surface area (TPSA) is 79.3 Å². The normalized spacial score (nSPS) is 19.3. The first-order valence-electron chi connectivity index (χ1n) is 11.8. The van der Waals surface area contributed by atoms with E-state index in [0.717, 1.165) is 36.3 Å². The number of ketones is 1. The van der Waals surface area contributed by atoms with Crippen LogP contribution >= 0.6 is 0 Å². The summed E-state index contributed by atoms with van der Waals surface area (Å²) >= 11 is 0. The molecule has 1 unspecified atom stereocenters. The van der Waals surface area contributed by atoms with Gasteiger partial charge in [-0.15, -0.1) is 0 Å². The molecule has 34 heavy (non-hydrogen) atoms. The molecule has 1 amide bonds. The first-order valence-corrected chi connectivity index (χ1v) is 11.8. The van der Waals surface area contributed by atoms with Crippen molar-refractivity contribution in [3.8, 4) is 11.5 Å². The zero-order valence-corrected chi connectivity index (χ0v) is 20.0. The van der Waals surface area contributed by atoms with Crippen LogP contribution in [0.4, 0.5) is 0 Å². The molecule has 1 N–H and O–H groups in total. The summed E-state index contributed by atoms with van der Waals surface area (Å²) in [6, 6.07) is 12.1. The molecule has 0 spiro atoms. The zero-order valence-electron chi connectivity index (χ0n) is 20.0. The lowest BCUT2D eigenvalue weighted by Gasteiger charge is -2.26. The maximum Gasteiger partial charge on any atom is 0.295 e. The number of carbonyl (C=O) groups excluding carboxylic acids is 2. The van der Waals surface area contributed by atoms with Gasteiger partial charge in [0, 0.05) is 12.1 Å². The van der Waals surface area contributed by atoms with Crippen LogP contribution in [0.5, 0.6) is 11.5 Å². The summed E-state index contributed by atoms with van der Waals surface area (Å²) in [4.78, 5) is 30.0. The minimum Gasteiger partial charge on any atom is -0.507 e. The van der Waals surface area contributed by atoms with Gasteiger partial charge < -0.3 is 24.4 Å². The molecule has 2 aliphatic heterocycles. The molecule has 2 aromatic rings. The predicted octanol–water partition coefficient (Wildman–Crippen LogP) is 3.78. The van der Waals surface area contributed by atoms with Gasteiger partial charge in [0.05, 0.1) is 24.8 Å². The van der Waals surface area contributed by atoms with Crippen LogP contribution in [0.3, 0.4) is 0 Å². The third-order valence-electron chi connectivity index (χ3n) is 6.21.